The average Bonchev–Trinajstić information content (AvgIpc) is 3.10. The quantitative estimate of drug-likeness (QED) is 0.748. The van der Waals surface area contributed by atoms with Gasteiger partial charge < -0.3 is 10.8 Å². The Kier molecular flexibility index (Phi) is 2.94. The molecule has 3 aliphatic rings. The molecule has 3 fully saturated rings. The van der Waals surface area contributed by atoms with Crippen LogP contribution in [0.25, 0.3) is 0 Å². The Morgan fingerprint density at radius 1 is 1.19 bits per heavy atom. The first-order valence-corrected chi connectivity index (χ1v) is 6.90. The van der Waals surface area contributed by atoms with Crippen LogP contribution in [0.1, 0.15) is 38.5 Å². The number of rotatable bonds is 4. The van der Waals surface area contributed by atoms with Gasteiger partial charge in [0, 0.05) is 25.2 Å². The first kappa shape index (κ1) is 11.0. The van der Waals surface area contributed by atoms with Gasteiger partial charge in [0.25, 0.3) is 0 Å². The molecule has 3 nitrogen and oxygen atoms in total. The van der Waals surface area contributed by atoms with E-state index >= 15 is 0 Å². The molecule has 0 bridgehead atoms. The van der Waals surface area contributed by atoms with E-state index in [9.17, 15) is 5.11 Å². The lowest BCUT2D eigenvalue weighted by atomic mass is 9.88. The molecule has 3 heteroatoms. The monoisotopic (exact) mass is 224 g/mol. The zero-order valence-corrected chi connectivity index (χ0v) is 10.0. The van der Waals surface area contributed by atoms with Crippen molar-refractivity contribution in [2.24, 2.45) is 17.6 Å². The van der Waals surface area contributed by atoms with Crippen molar-refractivity contribution < 1.29 is 5.11 Å². The third-order valence-electron chi connectivity index (χ3n) is 4.40. The van der Waals surface area contributed by atoms with Gasteiger partial charge in [0.15, 0.2) is 0 Å². The summed E-state index contributed by atoms with van der Waals surface area (Å²) in [5, 5.41) is 10.0. The van der Waals surface area contributed by atoms with Crippen LogP contribution in [0.5, 0.6) is 0 Å². The van der Waals surface area contributed by atoms with Crippen molar-refractivity contribution in [1.29, 1.82) is 0 Å². The van der Waals surface area contributed by atoms with Crippen LogP contribution in [0, 0.1) is 11.8 Å². The molecule has 3 atom stereocenters. The maximum absolute atomic E-state index is 10.0. The molecule has 0 aromatic rings. The summed E-state index contributed by atoms with van der Waals surface area (Å²) in [5.74, 6) is 1.26. The molecule has 1 saturated heterocycles. The van der Waals surface area contributed by atoms with E-state index in [1.165, 1.54) is 32.2 Å². The summed E-state index contributed by atoms with van der Waals surface area (Å²) in [5.41, 5.74) is 6.13. The zero-order valence-electron chi connectivity index (χ0n) is 10.0. The second-order valence-electron chi connectivity index (χ2n) is 6.19. The molecule has 1 aliphatic heterocycles. The van der Waals surface area contributed by atoms with Gasteiger partial charge in [0.2, 0.25) is 0 Å². The van der Waals surface area contributed by atoms with E-state index < -0.39 is 0 Å². The number of nitrogens with zero attached hydrogens (tertiary/aromatic N) is 1. The van der Waals surface area contributed by atoms with Gasteiger partial charge in [-0.1, -0.05) is 0 Å². The van der Waals surface area contributed by atoms with E-state index in [2.05, 4.69) is 4.90 Å². The van der Waals surface area contributed by atoms with E-state index in [4.69, 9.17) is 5.73 Å². The highest BCUT2D eigenvalue weighted by atomic mass is 16.3. The highest BCUT2D eigenvalue weighted by Crippen LogP contribution is 2.37. The minimum atomic E-state index is -0.0450. The van der Waals surface area contributed by atoms with Crippen molar-refractivity contribution in [2.75, 3.05) is 13.1 Å². The summed E-state index contributed by atoms with van der Waals surface area (Å²) in [6, 6.07) is 1.16. The van der Waals surface area contributed by atoms with Crippen molar-refractivity contribution in [2.45, 2.75) is 56.7 Å². The average molecular weight is 224 g/mol. The van der Waals surface area contributed by atoms with Crippen LogP contribution in [0.15, 0.2) is 0 Å². The Morgan fingerprint density at radius 3 is 2.56 bits per heavy atom. The van der Waals surface area contributed by atoms with Crippen LogP contribution in [0.4, 0.5) is 0 Å². The maximum atomic E-state index is 10.0. The molecule has 3 unspecified atom stereocenters. The Balaban J connectivity index is 1.52. The normalized spacial score (nSPS) is 38.6. The molecule has 0 aromatic carbocycles. The predicted molar refractivity (Wildman–Crippen MR) is 64.0 cm³/mol. The van der Waals surface area contributed by atoms with Crippen LogP contribution in [0.2, 0.25) is 0 Å². The number of aliphatic hydroxyl groups excluding tert-OH is 1. The molecule has 0 amide bonds. The largest absolute Gasteiger partial charge is 0.393 e. The van der Waals surface area contributed by atoms with Crippen molar-refractivity contribution in [3.05, 3.63) is 0 Å². The van der Waals surface area contributed by atoms with Crippen LogP contribution in [-0.2, 0) is 0 Å². The van der Waals surface area contributed by atoms with Crippen molar-refractivity contribution in [3.8, 4) is 0 Å². The van der Waals surface area contributed by atoms with Gasteiger partial charge in [-0.25, -0.2) is 0 Å². The van der Waals surface area contributed by atoms with Crippen molar-refractivity contribution >= 4 is 0 Å². The van der Waals surface area contributed by atoms with E-state index in [0.29, 0.717) is 17.9 Å². The fourth-order valence-corrected chi connectivity index (χ4v) is 3.21. The molecule has 0 radical (unpaired) electrons. The Labute approximate surface area is 98.0 Å². The second kappa shape index (κ2) is 4.28. The van der Waals surface area contributed by atoms with E-state index in [1.807, 2.05) is 0 Å². The molecule has 16 heavy (non-hydrogen) atoms. The van der Waals surface area contributed by atoms with Gasteiger partial charge in [0.05, 0.1) is 6.10 Å². The van der Waals surface area contributed by atoms with Crippen LogP contribution in [-0.4, -0.2) is 41.3 Å². The summed E-state index contributed by atoms with van der Waals surface area (Å²) < 4.78 is 0. The molecule has 2 saturated carbocycles. The highest BCUT2D eigenvalue weighted by Gasteiger charge is 2.37. The van der Waals surface area contributed by atoms with Crippen LogP contribution >= 0.6 is 0 Å². The number of nitrogens with two attached hydrogens (primary N) is 1. The van der Waals surface area contributed by atoms with Gasteiger partial charge in [0.1, 0.15) is 0 Å². The topological polar surface area (TPSA) is 49.5 Å². The van der Waals surface area contributed by atoms with Crippen molar-refractivity contribution in [3.63, 3.8) is 0 Å². The molecule has 3 rings (SSSR count). The fraction of sp³-hybridized carbons (Fsp3) is 1.00. The lowest BCUT2D eigenvalue weighted by Crippen LogP contribution is -2.48. The minimum Gasteiger partial charge on any atom is -0.393 e. The summed E-state index contributed by atoms with van der Waals surface area (Å²) in [6.45, 7) is 2.27. The van der Waals surface area contributed by atoms with E-state index in [1.54, 1.807) is 0 Å². The fourth-order valence-electron chi connectivity index (χ4n) is 3.21. The van der Waals surface area contributed by atoms with Crippen LogP contribution < -0.4 is 5.73 Å². The van der Waals surface area contributed by atoms with Crippen LogP contribution in [0.3, 0.4) is 0 Å². The number of piperidine rings is 1. The summed E-state index contributed by atoms with van der Waals surface area (Å²) in [4.78, 5) is 2.57. The molecule has 0 aromatic heterocycles. The predicted octanol–water partition coefficient (Wildman–Crippen LogP) is 0.959. The van der Waals surface area contributed by atoms with Crippen molar-refractivity contribution in [1.82, 2.24) is 4.90 Å². The molecular weight excluding hydrogens is 200 g/mol. The lowest BCUT2D eigenvalue weighted by Gasteiger charge is -2.37. The summed E-state index contributed by atoms with van der Waals surface area (Å²) >= 11 is 0. The first-order chi connectivity index (χ1) is 7.72. The molecule has 1 heterocycles. The summed E-state index contributed by atoms with van der Waals surface area (Å²) in [7, 11) is 0. The number of hydrogen-bond donors (Lipinski definition) is 2. The lowest BCUT2D eigenvalue weighted by molar-refractivity contribution is 0.0778. The van der Waals surface area contributed by atoms with Gasteiger partial charge in [-0.2, -0.15) is 0 Å². The minimum absolute atomic E-state index is 0.0450. The van der Waals surface area contributed by atoms with E-state index in [-0.39, 0.29) is 6.10 Å². The first-order valence-electron chi connectivity index (χ1n) is 6.90. The molecule has 0 spiro atoms. The van der Waals surface area contributed by atoms with Gasteiger partial charge in [-0.15, -0.1) is 0 Å². The molecule has 92 valence electrons. The van der Waals surface area contributed by atoms with E-state index in [0.717, 1.165) is 25.4 Å². The second-order valence-corrected chi connectivity index (χ2v) is 6.19. The molecular formula is C13H24N2O. The number of aliphatic hydroxyl groups is 1. The van der Waals surface area contributed by atoms with Gasteiger partial charge >= 0.3 is 0 Å². The smallest absolute Gasteiger partial charge is 0.0571 e. The maximum Gasteiger partial charge on any atom is 0.0571 e. The Hall–Kier alpha value is -0.120. The third-order valence-corrected chi connectivity index (χ3v) is 4.40. The Morgan fingerprint density at radius 2 is 1.94 bits per heavy atom. The zero-order chi connectivity index (χ0) is 11.1. The summed E-state index contributed by atoms with van der Waals surface area (Å²) in [6.07, 6.45) is 7.28. The van der Waals surface area contributed by atoms with Gasteiger partial charge in [-0.3, -0.25) is 4.90 Å². The molecule has 2 aliphatic carbocycles. The number of hydrogen-bond acceptors (Lipinski definition) is 3. The number of likely N-dealkylation sites (tertiary alicyclic amines) is 1. The SMILES string of the molecule is NC1CC(CC(O)C2CC2)CN(C2CC2)C1. The Bertz CT molecular complexity index is 248. The molecule has 3 N–H and O–H groups in total. The third kappa shape index (κ3) is 2.58. The standard InChI is InChI=1S/C13H24N2O/c14-11-5-9(6-13(16)10-1-2-10)7-15(8-11)12-3-4-12/h9-13,16H,1-8,14H2. The highest BCUT2D eigenvalue weighted by molar-refractivity contribution is 4.93. The van der Waals surface area contributed by atoms with Gasteiger partial charge in [-0.05, 0) is 50.4 Å².